The summed E-state index contributed by atoms with van der Waals surface area (Å²) >= 11 is 4.89. The number of nitrogens with zero attached hydrogens (tertiary/aromatic N) is 1. The molecule has 0 radical (unpaired) electrons. The molecule has 1 aliphatic heterocycles. The summed E-state index contributed by atoms with van der Waals surface area (Å²) in [6.07, 6.45) is 0.854. The van der Waals surface area contributed by atoms with Crippen molar-refractivity contribution in [1.82, 2.24) is 5.43 Å². The van der Waals surface area contributed by atoms with Gasteiger partial charge in [-0.05, 0) is 5.92 Å². The van der Waals surface area contributed by atoms with Crippen molar-refractivity contribution in [2.24, 2.45) is 11.0 Å². The van der Waals surface area contributed by atoms with E-state index in [1.165, 1.54) is 5.71 Å². The highest BCUT2D eigenvalue weighted by Crippen LogP contribution is 2.06. The number of rotatable bonds is 1. The van der Waals surface area contributed by atoms with Crippen LogP contribution in [0.1, 0.15) is 20.3 Å². The van der Waals surface area contributed by atoms with Gasteiger partial charge in [-0.3, -0.25) is 5.43 Å². The Labute approximate surface area is 60.3 Å². The van der Waals surface area contributed by atoms with E-state index in [2.05, 4.69) is 24.4 Å². The van der Waals surface area contributed by atoms with Crippen molar-refractivity contribution >= 4 is 22.9 Å². The van der Waals surface area contributed by atoms with Crippen LogP contribution in [0.2, 0.25) is 0 Å². The first kappa shape index (κ1) is 6.68. The molecule has 0 aromatic rings. The van der Waals surface area contributed by atoms with Crippen LogP contribution >= 0.6 is 12.2 Å². The summed E-state index contributed by atoms with van der Waals surface area (Å²) in [7, 11) is 0. The third-order valence-corrected chi connectivity index (χ3v) is 1.57. The molecule has 1 heterocycles. The zero-order chi connectivity index (χ0) is 6.85. The van der Waals surface area contributed by atoms with Crippen molar-refractivity contribution in [2.45, 2.75) is 20.3 Å². The SMILES string of the molecule is CC(C)C1=NNC(=S)C1. The maximum atomic E-state index is 4.89. The van der Waals surface area contributed by atoms with Crippen LogP contribution < -0.4 is 5.43 Å². The lowest BCUT2D eigenvalue weighted by molar-refractivity contribution is 0.867. The average molecular weight is 142 g/mol. The fourth-order valence-corrected chi connectivity index (χ4v) is 0.904. The lowest BCUT2D eigenvalue weighted by atomic mass is 10.1. The summed E-state index contributed by atoms with van der Waals surface area (Å²) in [6.45, 7) is 4.24. The van der Waals surface area contributed by atoms with Gasteiger partial charge in [-0.25, -0.2) is 0 Å². The van der Waals surface area contributed by atoms with E-state index in [1.807, 2.05) is 0 Å². The van der Waals surface area contributed by atoms with Gasteiger partial charge in [0, 0.05) is 12.1 Å². The Bertz CT molecular complexity index is 160. The number of nitrogens with one attached hydrogen (secondary N) is 1. The summed E-state index contributed by atoms with van der Waals surface area (Å²) in [5, 5.41) is 4.04. The first-order valence-corrected chi connectivity index (χ1v) is 3.46. The van der Waals surface area contributed by atoms with Gasteiger partial charge < -0.3 is 0 Å². The highest BCUT2D eigenvalue weighted by Gasteiger charge is 2.13. The summed E-state index contributed by atoms with van der Waals surface area (Å²) in [5.74, 6) is 0.526. The fourth-order valence-electron chi connectivity index (χ4n) is 0.711. The van der Waals surface area contributed by atoms with Crippen LogP contribution in [0.4, 0.5) is 0 Å². The van der Waals surface area contributed by atoms with Crippen molar-refractivity contribution in [3.8, 4) is 0 Å². The number of hydrogen-bond acceptors (Lipinski definition) is 2. The summed E-state index contributed by atoms with van der Waals surface area (Å²) in [6, 6.07) is 0. The first-order valence-electron chi connectivity index (χ1n) is 3.05. The summed E-state index contributed by atoms with van der Waals surface area (Å²) in [4.78, 5) is 0.846. The number of hydrogen-bond donors (Lipinski definition) is 1. The van der Waals surface area contributed by atoms with E-state index in [1.54, 1.807) is 0 Å². The molecule has 0 bridgehead atoms. The molecule has 0 aromatic carbocycles. The molecule has 0 atom stereocenters. The molecule has 0 aromatic heterocycles. The second-order valence-corrected chi connectivity index (χ2v) is 2.96. The molecule has 9 heavy (non-hydrogen) atoms. The van der Waals surface area contributed by atoms with Crippen LogP contribution in [0.3, 0.4) is 0 Å². The normalized spacial score (nSPS) is 18.1. The molecule has 0 unspecified atom stereocenters. The second-order valence-electron chi connectivity index (χ2n) is 2.47. The van der Waals surface area contributed by atoms with Crippen molar-refractivity contribution in [1.29, 1.82) is 0 Å². The van der Waals surface area contributed by atoms with Crippen molar-refractivity contribution in [3.05, 3.63) is 0 Å². The molecular formula is C6H10N2S. The Hall–Kier alpha value is -0.440. The molecule has 0 amide bonds. The standard InChI is InChI=1S/C6H10N2S/c1-4(2)5-3-6(9)8-7-5/h4H,3H2,1-2H3,(H,8,9). The van der Waals surface area contributed by atoms with Crippen LogP contribution in [0.15, 0.2) is 5.10 Å². The molecule has 1 rings (SSSR count). The van der Waals surface area contributed by atoms with E-state index in [4.69, 9.17) is 12.2 Å². The Morgan fingerprint density at radius 3 is 2.56 bits per heavy atom. The lowest BCUT2D eigenvalue weighted by Gasteiger charge is -1.98. The smallest absolute Gasteiger partial charge is 0.102 e. The van der Waals surface area contributed by atoms with Gasteiger partial charge in [-0.1, -0.05) is 26.1 Å². The van der Waals surface area contributed by atoms with E-state index in [9.17, 15) is 0 Å². The van der Waals surface area contributed by atoms with Gasteiger partial charge in [0.15, 0.2) is 0 Å². The molecular weight excluding hydrogens is 132 g/mol. The third kappa shape index (κ3) is 1.48. The van der Waals surface area contributed by atoms with E-state index in [0.717, 1.165) is 11.4 Å². The first-order chi connectivity index (χ1) is 4.20. The monoisotopic (exact) mass is 142 g/mol. The maximum Gasteiger partial charge on any atom is 0.102 e. The molecule has 2 nitrogen and oxygen atoms in total. The minimum absolute atomic E-state index is 0.526. The second kappa shape index (κ2) is 2.43. The zero-order valence-electron chi connectivity index (χ0n) is 5.64. The van der Waals surface area contributed by atoms with Crippen molar-refractivity contribution in [2.75, 3.05) is 0 Å². The molecule has 1 aliphatic rings. The summed E-state index contributed by atoms with van der Waals surface area (Å²) < 4.78 is 0. The molecule has 0 saturated carbocycles. The van der Waals surface area contributed by atoms with Crippen LogP contribution in [0.5, 0.6) is 0 Å². The Kier molecular flexibility index (Phi) is 1.81. The predicted molar refractivity (Wildman–Crippen MR) is 42.6 cm³/mol. The van der Waals surface area contributed by atoms with E-state index >= 15 is 0 Å². The van der Waals surface area contributed by atoms with Gasteiger partial charge in [-0.15, -0.1) is 0 Å². The van der Waals surface area contributed by atoms with E-state index in [0.29, 0.717) is 5.92 Å². The van der Waals surface area contributed by atoms with Crippen LogP contribution in [0, 0.1) is 5.92 Å². The topological polar surface area (TPSA) is 24.4 Å². The number of thiocarbonyl (C=S) groups is 1. The highest BCUT2D eigenvalue weighted by molar-refractivity contribution is 7.80. The third-order valence-electron chi connectivity index (χ3n) is 1.33. The van der Waals surface area contributed by atoms with E-state index < -0.39 is 0 Å². The Morgan fingerprint density at radius 2 is 2.33 bits per heavy atom. The van der Waals surface area contributed by atoms with Crippen molar-refractivity contribution < 1.29 is 0 Å². The molecule has 50 valence electrons. The average Bonchev–Trinajstić information content (AvgIpc) is 2.14. The van der Waals surface area contributed by atoms with Gasteiger partial charge >= 0.3 is 0 Å². The molecule has 0 saturated heterocycles. The molecule has 0 spiro atoms. The predicted octanol–water partition coefficient (Wildman–Crippen LogP) is 1.32. The van der Waals surface area contributed by atoms with Crippen LogP contribution in [-0.2, 0) is 0 Å². The van der Waals surface area contributed by atoms with Gasteiger partial charge in [0.25, 0.3) is 0 Å². The van der Waals surface area contributed by atoms with Crippen LogP contribution in [-0.4, -0.2) is 10.7 Å². The van der Waals surface area contributed by atoms with Crippen molar-refractivity contribution in [3.63, 3.8) is 0 Å². The molecule has 1 N–H and O–H groups in total. The van der Waals surface area contributed by atoms with Gasteiger partial charge in [0.1, 0.15) is 4.99 Å². The zero-order valence-corrected chi connectivity index (χ0v) is 6.46. The van der Waals surface area contributed by atoms with Gasteiger partial charge in [-0.2, -0.15) is 5.10 Å². The van der Waals surface area contributed by atoms with Crippen LogP contribution in [0.25, 0.3) is 0 Å². The minimum atomic E-state index is 0.526. The van der Waals surface area contributed by atoms with E-state index in [-0.39, 0.29) is 0 Å². The molecule has 0 aliphatic carbocycles. The minimum Gasteiger partial charge on any atom is -0.271 e. The molecule has 0 fully saturated rings. The van der Waals surface area contributed by atoms with Gasteiger partial charge in [0.05, 0.1) is 0 Å². The summed E-state index contributed by atoms with van der Waals surface area (Å²) in [5.41, 5.74) is 3.94. The largest absolute Gasteiger partial charge is 0.271 e. The quantitative estimate of drug-likeness (QED) is 0.558. The maximum absolute atomic E-state index is 4.89. The Morgan fingerprint density at radius 1 is 1.67 bits per heavy atom. The van der Waals surface area contributed by atoms with Gasteiger partial charge in [0.2, 0.25) is 0 Å². The lowest BCUT2D eigenvalue weighted by Crippen LogP contribution is -2.07. The Balaban J connectivity index is 2.55. The fraction of sp³-hybridized carbons (Fsp3) is 0.667. The number of hydrazone groups is 1. The highest BCUT2D eigenvalue weighted by atomic mass is 32.1. The molecule has 3 heteroatoms.